The van der Waals surface area contributed by atoms with Gasteiger partial charge in [0.05, 0.1) is 12.3 Å². The van der Waals surface area contributed by atoms with Gasteiger partial charge in [-0.1, -0.05) is 37.2 Å². The summed E-state index contributed by atoms with van der Waals surface area (Å²) in [7, 11) is 0. The Morgan fingerprint density at radius 3 is 2.80 bits per heavy atom. The van der Waals surface area contributed by atoms with E-state index in [0.717, 1.165) is 11.3 Å². The maximum atomic E-state index is 14.2. The van der Waals surface area contributed by atoms with Gasteiger partial charge in [-0.25, -0.2) is 4.39 Å². The minimum Gasteiger partial charge on any atom is -0.454 e. The van der Waals surface area contributed by atoms with Crippen molar-refractivity contribution in [1.82, 2.24) is 4.90 Å². The van der Waals surface area contributed by atoms with E-state index in [0.29, 0.717) is 36.4 Å². The minimum atomic E-state index is -0.315. The second-order valence-corrected chi connectivity index (χ2v) is 8.00. The largest absolute Gasteiger partial charge is 0.454 e. The number of carbonyl (C=O) groups is 1. The van der Waals surface area contributed by atoms with Crippen LogP contribution in [0.25, 0.3) is 0 Å². The number of oxime groups is 1. The fraction of sp³-hybridized carbons (Fsp3) is 0.391. The van der Waals surface area contributed by atoms with E-state index in [1.54, 1.807) is 23.1 Å². The average molecular weight is 412 g/mol. The van der Waals surface area contributed by atoms with Crippen molar-refractivity contribution in [2.75, 3.05) is 13.3 Å². The Bertz CT molecular complexity index is 960. The molecule has 4 rings (SSSR count). The quantitative estimate of drug-likeness (QED) is 0.686. The number of rotatable bonds is 7. The second-order valence-electron chi connectivity index (χ2n) is 8.00. The van der Waals surface area contributed by atoms with Gasteiger partial charge >= 0.3 is 0 Å². The van der Waals surface area contributed by atoms with Crippen LogP contribution in [0.4, 0.5) is 4.39 Å². The van der Waals surface area contributed by atoms with Crippen molar-refractivity contribution in [3.05, 3.63) is 59.4 Å². The molecule has 6 nitrogen and oxygen atoms in total. The lowest BCUT2D eigenvalue weighted by Crippen LogP contribution is -2.38. The Balaban J connectivity index is 1.44. The molecular formula is C23H25FN2O4. The fourth-order valence-electron chi connectivity index (χ4n) is 3.58. The van der Waals surface area contributed by atoms with E-state index in [1.165, 1.54) is 6.07 Å². The number of benzene rings is 2. The van der Waals surface area contributed by atoms with Gasteiger partial charge in [0.1, 0.15) is 5.82 Å². The third kappa shape index (κ3) is 4.56. The maximum Gasteiger partial charge on any atom is 0.231 e. The van der Waals surface area contributed by atoms with Crippen molar-refractivity contribution in [2.45, 2.75) is 39.3 Å². The van der Waals surface area contributed by atoms with Gasteiger partial charge in [-0.3, -0.25) is 4.79 Å². The molecule has 2 aromatic carbocycles. The molecule has 0 aliphatic carbocycles. The van der Waals surface area contributed by atoms with Gasteiger partial charge in [0.2, 0.25) is 12.7 Å². The molecule has 0 saturated carbocycles. The van der Waals surface area contributed by atoms with Crippen molar-refractivity contribution in [2.24, 2.45) is 11.1 Å². The molecule has 0 fully saturated rings. The van der Waals surface area contributed by atoms with Gasteiger partial charge < -0.3 is 19.2 Å². The Morgan fingerprint density at radius 2 is 2.00 bits per heavy atom. The van der Waals surface area contributed by atoms with Crippen molar-refractivity contribution < 1.29 is 23.5 Å². The molecule has 30 heavy (non-hydrogen) atoms. The molecule has 0 spiro atoms. The summed E-state index contributed by atoms with van der Waals surface area (Å²) in [4.78, 5) is 20.1. The molecule has 1 atom stereocenters. The number of fused-ring (bicyclic) bond motifs is 1. The molecule has 0 N–H and O–H groups in total. The van der Waals surface area contributed by atoms with Crippen LogP contribution in [-0.4, -0.2) is 36.0 Å². The zero-order valence-electron chi connectivity index (χ0n) is 17.1. The molecule has 2 heterocycles. The fourth-order valence-corrected chi connectivity index (χ4v) is 3.58. The normalized spacial score (nSPS) is 17.1. The number of nitrogens with zero attached hydrogens (tertiary/aromatic N) is 2. The molecule has 0 bridgehead atoms. The summed E-state index contributed by atoms with van der Waals surface area (Å²) >= 11 is 0. The Morgan fingerprint density at radius 1 is 1.20 bits per heavy atom. The van der Waals surface area contributed by atoms with Crippen molar-refractivity contribution in [1.29, 1.82) is 0 Å². The summed E-state index contributed by atoms with van der Waals surface area (Å²) in [5.74, 6) is 1.28. The number of carbonyl (C=O) groups excluding carboxylic acids is 1. The monoisotopic (exact) mass is 412 g/mol. The standard InChI is InChI=1S/C23H25FN2O4/c1-15(2)9-23(27)26(12-17-5-3-4-6-19(17)24)13-18-11-20(25-30-18)16-7-8-21-22(10-16)29-14-28-21/h3-8,10,15,18H,9,11-14H2,1-2H3/t18-/m1/s1. The van der Waals surface area contributed by atoms with Gasteiger partial charge in [-0.2, -0.15) is 0 Å². The highest BCUT2D eigenvalue weighted by Crippen LogP contribution is 2.33. The lowest BCUT2D eigenvalue weighted by molar-refractivity contribution is -0.134. The smallest absolute Gasteiger partial charge is 0.231 e. The van der Waals surface area contributed by atoms with Crippen LogP contribution in [0.5, 0.6) is 11.5 Å². The van der Waals surface area contributed by atoms with Gasteiger partial charge in [0, 0.05) is 30.5 Å². The molecule has 7 heteroatoms. The zero-order chi connectivity index (χ0) is 21.1. The van der Waals surface area contributed by atoms with Crippen LogP contribution in [0.15, 0.2) is 47.6 Å². The molecule has 2 aliphatic rings. The van der Waals surface area contributed by atoms with Gasteiger partial charge in [-0.05, 0) is 30.2 Å². The highest BCUT2D eigenvalue weighted by molar-refractivity contribution is 6.01. The Kier molecular flexibility index (Phi) is 5.88. The first kappa shape index (κ1) is 20.2. The number of hydrogen-bond acceptors (Lipinski definition) is 5. The summed E-state index contributed by atoms with van der Waals surface area (Å²) < 4.78 is 24.9. The molecule has 1 amide bonds. The number of hydrogen-bond donors (Lipinski definition) is 0. The summed E-state index contributed by atoms with van der Waals surface area (Å²) in [5, 5.41) is 4.22. The van der Waals surface area contributed by atoms with Crippen LogP contribution in [0.3, 0.4) is 0 Å². The van der Waals surface area contributed by atoms with E-state index in [-0.39, 0.29) is 37.1 Å². The first-order valence-corrected chi connectivity index (χ1v) is 10.1. The Hall–Kier alpha value is -3.09. The predicted molar refractivity (Wildman–Crippen MR) is 110 cm³/mol. The summed E-state index contributed by atoms with van der Waals surface area (Å²) in [6.45, 7) is 4.75. The lowest BCUT2D eigenvalue weighted by Gasteiger charge is -2.26. The van der Waals surface area contributed by atoms with Crippen molar-refractivity contribution >= 4 is 11.6 Å². The summed E-state index contributed by atoms with van der Waals surface area (Å²) in [6.07, 6.45) is 0.674. The summed E-state index contributed by atoms with van der Waals surface area (Å²) in [5.41, 5.74) is 2.18. The third-order valence-corrected chi connectivity index (χ3v) is 5.12. The van der Waals surface area contributed by atoms with E-state index < -0.39 is 0 Å². The maximum absolute atomic E-state index is 14.2. The SMILES string of the molecule is CC(C)CC(=O)N(Cc1ccccc1F)C[C@H]1CC(c2ccc3c(c2)OCO3)=NO1. The molecule has 2 aromatic rings. The first-order chi connectivity index (χ1) is 14.5. The second kappa shape index (κ2) is 8.73. The van der Waals surface area contributed by atoms with Crippen molar-refractivity contribution in [3.63, 3.8) is 0 Å². The van der Waals surface area contributed by atoms with Crippen molar-refractivity contribution in [3.8, 4) is 11.5 Å². The Labute approximate surface area is 175 Å². The number of amides is 1. The highest BCUT2D eigenvalue weighted by atomic mass is 19.1. The average Bonchev–Trinajstić information content (AvgIpc) is 3.37. The molecule has 0 aromatic heterocycles. The zero-order valence-corrected chi connectivity index (χ0v) is 17.1. The molecule has 0 unspecified atom stereocenters. The van der Waals surface area contributed by atoms with E-state index in [4.69, 9.17) is 14.3 Å². The van der Waals surface area contributed by atoms with Crippen LogP contribution in [0.2, 0.25) is 0 Å². The van der Waals surface area contributed by atoms with E-state index in [2.05, 4.69) is 5.16 Å². The van der Waals surface area contributed by atoms with Crippen LogP contribution >= 0.6 is 0 Å². The summed E-state index contributed by atoms with van der Waals surface area (Å²) in [6, 6.07) is 12.2. The predicted octanol–water partition coefficient (Wildman–Crippen LogP) is 4.12. The molecule has 0 saturated heterocycles. The molecular weight excluding hydrogens is 387 g/mol. The van der Waals surface area contributed by atoms with E-state index in [9.17, 15) is 9.18 Å². The van der Waals surface area contributed by atoms with Gasteiger partial charge in [-0.15, -0.1) is 0 Å². The lowest BCUT2D eigenvalue weighted by atomic mass is 10.0. The minimum absolute atomic E-state index is 0.0200. The van der Waals surface area contributed by atoms with Crippen LogP contribution < -0.4 is 9.47 Å². The third-order valence-electron chi connectivity index (χ3n) is 5.12. The molecule has 158 valence electrons. The van der Waals surface area contributed by atoms with E-state index in [1.807, 2.05) is 32.0 Å². The van der Waals surface area contributed by atoms with E-state index >= 15 is 0 Å². The molecule has 2 aliphatic heterocycles. The first-order valence-electron chi connectivity index (χ1n) is 10.1. The van der Waals surface area contributed by atoms with Crippen LogP contribution in [-0.2, 0) is 16.2 Å². The highest BCUT2D eigenvalue weighted by Gasteiger charge is 2.28. The molecule has 0 radical (unpaired) electrons. The number of ether oxygens (including phenoxy) is 2. The van der Waals surface area contributed by atoms with Crippen LogP contribution in [0.1, 0.15) is 37.8 Å². The topological polar surface area (TPSA) is 60.4 Å². The number of halogens is 1. The van der Waals surface area contributed by atoms with Gasteiger partial charge in [0.25, 0.3) is 0 Å². The van der Waals surface area contributed by atoms with Gasteiger partial charge in [0.15, 0.2) is 17.6 Å². The van der Waals surface area contributed by atoms with Crippen LogP contribution in [0, 0.1) is 11.7 Å².